The normalized spacial score (nSPS) is 9.63. The Bertz CT molecular complexity index is 651. The van der Waals surface area contributed by atoms with Gasteiger partial charge in [0, 0.05) is 28.2 Å². The van der Waals surface area contributed by atoms with Crippen LogP contribution in [0.25, 0.3) is 0 Å². The number of carbonyl (C=O) groups excluding carboxylic acids is 1. The van der Waals surface area contributed by atoms with Gasteiger partial charge in [0.05, 0.1) is 0 Å². The maximum atomic E-state index is 12.0. The summed E-state index contributed by atoms with van der Waals surface area (Å²) in [5.41, 5.74) is 13.9. The second kappa shape index (κ2) is 5.15. The largest absolute Gasteiger partial charge is 0.399 e. The number of rotatable bonds is 2. The van der Waals surface area contributed by atoms with Gasteiger partial charge in [0.15, 0.2) is 0 Å². The highest BCUT2D eigenvalue weighted by Gasteiger charge is 2.07. The summed E-state index contributed by atoms with van der Waals surface area (Å²) >= 11 is 0. The predicted molar refractivity (Wildman–Crippen MR) is 77.6 cm³/mol. The number of benzene rings is 2. The van der Waals surface area contributed by atoms with Gasteiger partial charge in [-0.15, -0.1) is 6.42 Å². The van der Waals surface area contributed by atoms with E-state index >= 15 is 0 Å². The molecule has 0 atom stereocenters. The molecule has 0 radical (unpaired) electrons. The molecule has 0 heterocycles. The van der Waals surface area contributed by atoms with Gasteiger partial charge in [-0.1, -0.05) is 12.0 Å². The van der Waals surface area contributed by atoms with Crippen LogP contribution in [0.5, 0.6) is 0 Å². The number of amides is 1. The summed E-state index contributed by atoms with van der Waals surface area (Å²) in [6.45, 7) is 0. The number of hydrogen-bond acceptors (Lipinski definition) is 3. The van der Waals surface area contributed by atoms with Crippen molar-refractivity contribution in [2.75, 3.05) is 16.8 Å². The van der Waals surface area contributed by atoms with Crippen LogP contribution in [0.3, 0.4) is 0 Å². The molecule has 0 saturated carbocycles. The summed E-state index contributed by atoms with van der Waals surface area (Å²) in [4.78, 5) is 12.0. The molecular weight excluding hydrogens is 238 g/mol. The van der Waals surface area contributed by atoms with E-state index in [2.05, 4.69) is 11.2 Å². The lowest BCUT2D eigenvalue weighted by molar-refractivity contribution is 0.102. The smallest absolute Gasteiger partial charge is 0.255 e. The first kappa shape index (κ1) is 12.5. The molecule has 0 fully saturated rings. The molecule has 2 rings (SSSR count). The van der Waals surface area contributed by atoms with E-state index in [0.717, 1.165) is 0 Å². The molecule has 0 spiro atoms. The van der Waals surface area contributed by atoms with Crippen LogP contribution in [0.2, 0.25) is 0 Å². The van der Waals surface area contributed by atoms with Gasteiger partial charge in [0.1, 0.15) is 0 Å². The Balaban J connectivity index is 2.23. The van der Waals surface area contributed by atoms with E-state index in [1.54, 1.807) is 42.5 Å². The molecule has 4 nitrogen and oxygen atoms in total. The SMILES string of the molecule is C#Cc1cccc(NC(=O)c2cc(N)cc(N)c2)c1. The van der Waals surface area contributed by atoms with E-state index in [4.69, 9.17) is 17.9 Å². The number of terminal acetylenes is 1. The summed E-state index contributed by atoms with van der Waals surface area (Å²) < 4.78 is 0. The van der Waals surface area contributed by atoms with Gasteiger partial charge < -0.3 is 16.8 Å². The zero-order chi connectivity index (χ0) is 13.8. The number of hydrogen-bond donors (Lipinski definition) is 3. The Morgan fingerprint density at radius 1 is 1.11 bits per heavy atom. The van der Waals surface area contributed by atoms with Crippen molar-refractivity contribution in [3.05, 3.63) is 53.6 Å². The van der Waals surface area contributed by atoms with Crippen LogP contribution in [0.1, 0.15) is 15.9 Å². The van der Waals surface area contributed by atoms with Gasteiger partial charge in [-0.3, -0.25) is 4.79 Å². The second-order valence-corrected chi connectivity index (χ2v) is 4.07. The summed E-state index contributed by atoms with van der Waals surface area (Å²) in [6.07, 6.45) is 5.30. The van der Waals surface area contributed by atoms with Crippen molar-refractivity contribution in [1.82, 2.24) is 0 Å². The van der Waals surface area contributed by atoms with Crippen LogP contribution in [-0.2, 0) is 0 Å². The topological polar surface area (TPSA) is 81.1 Å². The molecule has 4 heteroatoms. The van der Waals surface area contributed by atoms with Crippen LogP contribution in [0, 0.1) is 12.3 Å². The first-order chi connectivity index (χ1) is 9.08. The van der Waals surface area contributed by atoms with Crippen LogP contribution in [0.15, 0.2) is 42.5 Å². The second-order valence-electron chi connectivity index (χ2n) is 4.07. The quantitative estimate of drug-likeness (QED) is 0.564. The third kappa shape index (κ3) is 3.05. The first-order valence-corrected chi connectivity index (χ1v) is 5.62. The zero-order valence-electron chi connectivity index (χ0n) is 10.2. The van der Waals surface area contributed by atoms with Crippen molar-refractivity contribution in [2.24, 2.45) is 0 Å². The molecule has 0 aliphatic carbocycles. The molecule has 0 aliphatic heterocycles. The molecule has 0 saturated heterocycles. The summed E-state index contributed by atoms with van der Waals surface area (Å²) in [5, 5.41) is 2.74. The van der Waals surface area contributed by atoms with Crippen molar-refractivity contribution in [2.45, 2.75) is 0 Å². The molecule has 0 aromatic heterocycles. The molecule has 1 amide bonds. The lowest BCUT2D eigenvalue weighted by atomic mass is 10.1. The molecule has 2 aromatic carbocycles. The van der Waals surface area contributed by atoms with Crippen molar-refractivity contribution in [3.8, 4) is 12.3 Å². The minimum absolute atomic E-state index is 0.284. The molecule has 2 aromatic rings. The lowest BCUT2D eigenvalue weighted by Crippen LogP contribution is -2.12. The Morgan fingerprint density at radius 3 is 2.42 bits per heavy atom. The number of anilines is 3. The molecular formula is C15H13N3O. The number of nitrogens with two attached hydrogens (primary N) is 2. The van der Waals surface area contributed by atoms with E-state index in [9.17, 15) is 4.79 Å². The number of nitrogen functional groups attached to an aromatic ring is 2. The van der Waals surface area contributed by atoms with E-state index < -0.39 is 0 Å². The third-order valence-corrected chi connectivity index (χ3v) is 2.53. The van der Waals surface area contributed by atoms with Crippen LogP contribution in [0.4, 0.5) is 17.1 Å². The van der Waals surface area contributed by atoms with Crippen molar-refractivity contribution in [1.29, 1.82) is 0 Å². The van der Waals surface area contributed by atoms with Crippen LogP contribution < -0.4 is 16.8 Å². The molecule has 0 aliphatic rings. The van der Waals surface area contributed by atoms with Crippen molar-refractivity contribution >= 4 is 23.0 Å². The predicted octanol–water partition coefficient (Wildman–Crippen LogP) is 2.08. The van der Waals surface area contributed by atoms with E-state index in [1.807, 2.05) is 0 Å². The van der Waals surface area contributed by atoms with Gasteiger partial charge in [0.25, 0.3) is 5.91 Å². The van der Waals surface area contributed by atoms with Crippen molar-refractivity contribution < 1.29 is 4.79 Å². The van der Waals surface area contributed by atoms with E-state index in [-0.39, 0.29) is 5.91 Å². The standard InChI is InChI=1S/C15H13N3O/c1-2-10-4-3-5-14(6-10)18-15(19)11-7-12(16)9-13(17)8-11/h1,3-9H,16-17H2,(H,18,19). The monoisotopic (exact) mass is 251 g/mol. The van der Waals surface area contributed by atoms with Gasteiger partial charge in [-0.2, -0.15) is 0 Å². The highest BCUT2D eigenvalue weighted by molar-refractivity contribution is 6.05. The summed E-state index contributed by atoms with van der Waals surface area (Å²) in [6, 6.07) is 11.8. The Kier molecular flexibility index (Phi) is 3.39. The Labute approximate surface area is 111 Å². The van der Waals surface area contributed by atoms with E-state index in [0.29, 0.717) is 28.2 Å². The Hall–Kier alpha value is -2.93. The highest BCUT2D eigenvalue weighted by atomic mass is 16.1. The van der Waals surface area contributed by atoms with Crippen molar-refractivity contribution in [3.63, 3.8) is 0 Å². The van der Waals surface area contributed by atoms with Crippen LogP contribution in [-0.4, -0.2) is 5.91 Å². The van der Waals surface area contributed by atoms with Gasteiger partial charge in [-0.25, -0.2) is 0 Å². The molecule has 5 N–H and O–H groups in total. The fourth-order valence-corrected chi connectivity index (χ4v) is 1.70. The molecule has 19 heavy (non-hydrogen) atoms. The van der Waals surface area contributed by atoms with Gasteiger partial charge in [0.2, 0.25) is 0 Å². The number of carbonyl (C=O) groups is 1. The fraction of sp³-hybridized carbons (Fsp3) is 0. The molecule has 0 bridgehead atoms. The van der Waals surface area contributed by atoms with Gasteiger partial charge in [-0.05, 0) is 36.4 Å². The average Bonchev–Trinajstić information content (AvgIpc) is 2.37. The highest BCUT2D eigenvalue weighted by Crippen LogP contribution is 2.16. The maximum Gasteiger partial charge on any atom is 0.255 e. The maximum absolute atomic E-state index is 12.0. The number of nitrogens with one attached hydrogen (secondary N) is 1. The lowest BCUT2D eigenvalue weighted by Gasteiger charge is -2.07. The van der Waals surface area contributed by atoms with E-state index in [1.165, 1.54) is 0 Å². The average molecular weight is 251 g/mol. The summed E-state index contributed by atoms with van der Waals surface area (Å²) in [7, 11) is 0. The molecule has 94 valence electrons. The fourth-order valence-electron chi connectivity index (χ4n) is 1.70. The van der Waals surface area contributed by atoms with Crippen LogP contribution >= 0.6 is 0 Å². The molecule has 0 unspecified atom stereocenters. The third-order valence-electron chi connectivity index (χ3n) is 2.53. The summed E-state index contributed by atoms with van der Waals surface area (Å²) in [5.74, 6) is 2.22. The Morgan fingerprint density at radius 2 is 1.79 bits per heavy atom. The zero-order valence-corrected chi connectivity index (χ0v) is 10.2. The first-order valence-electron chi connectivity index (χ1n) is 5.62. The minimum Gasteiger partial charge on any atom is -0.399 e. The minimum atomic E-state index is -0.284. The van der Waals surface area contributed by atoms with Gasteiger partial charge >= 0.3 is 0 Å².